The summed E-state index contributed by atoms with van der Waals surface area (Å²) in [5.74, 6) is -1.44. The van der Waals surface area contributed by atoms with Crippen molar-refractivity contribution in [3.8, 4) is 0 Å². The second-order valence-electron chi connectivity index (χ2n) is 6.84. The Labute approximate surface area is 186 Å². The Hall–Kier alpha value is -3.31. The van der Waals surface area contributed by atoms with Crippen LogP contribution in [0.5, 0.6) is 0 Å². The summed E-state index contributed by atoms with van der Waals surface area (Å²) in [5, 5.41) is 13.9. The van der Waals surface area contributed by atoms with Crippen LogP contribution in [-0.2, 0) is 21.2 Å². The molecular formula is C21H26N4O6S. The van der Waals surface area contributed by atoms with Crippen LogP contribution in [0.1, 0.15) is 46.2 Å². The van der Waals surface area contributed by atoms with Crippen molar-refractivity contribution >= 4 is 27.7 Å². The second kappa shape index (κ2) is 11.9. The molecule has 3 amide bonds. The average molecular weight is 463 g/mol. The van der Waals surface area contributed by atoms with Gasteiger partial charge < -0.3 is 15.7 Å². The highest BCUT2D eigenvalue weighted by Crippen LogP contribution is 2.12. The van der Waals surface area contributed by atoms with E-state index in [0.717, 1.165) is 18.2 Å². The lowest BCUT2D eigenvalue weighted by molar-refractivity contribution is -0.121. The molecule has 0 saturated heterocycles. The number of sulfonamides is 1. The van der Waals surface area contributed by atoms with Crippen LogP contribution < -0.4 is 15.4 Å². The van der Waals surface area contributed by atoms with E-state index in [2.05, 4.69) is 15.6 Å². The van der Waals surface area contributed by atoms with E-state index in [0.29, 0.717) is 19.4 Å². The number of pyridine rings is 1. The van der Waals surface area contributed by atoms with E-state index in [1.807, 2.05) is 11.6 Å². The maximum Gasteiger partial charge on any atom is 0.269 e. The van der Waals surface area contributed by atoms with Gasteiger partial charge in [-0.05, 0) is 42.7 Å². The lowest BCUT2D eigenvalue weighted by Gasteiger charge is -2.09. The summed E-state index contributed by atoms with van der Waals surface area (Å²) in [4.78, 5) is 39.3. The number of nitrogens with zero attached hydrogens (tertiary/aromatic N) is 1. The zero-order chi connectivity index (χ0) is 23.6. The Balaban J connectivity index is 1.96. The monoisotopic (exact) mass is 462 g/mol. The Bertz CT molecular complexity index is 1040. The number of benzene rings is 1. The van der Waals surface area contributed by atoms with Gasteiger partial charge in [-0.2, -0.15) is 0 Å². The summed E-state index contributed by atoms with van der Waals surface area (Å²) < 4.78 is 27.0. The van der Waals surface area contributed by atoms with Crippen LogP contribution in [-0.4, -0.2) is 55.9 Å². The summed E-state index contributed by atoms with van der Waals surface area (Å²) in [5.41, 5.74) is 0.831. The van der Waals surface area contributed by atoms with E-state index in [-0.39, 0.29) is 35.2 Å². The van der Waals surface area contributed by atoms with Crippen molar-refractivity contribution in [3.05, 3.63) is 59.4 Å². The molecule has 4 N–H and O–H groups in total. The molecule has 0 radical (unpaired) electrons. The van der Waals surface area contributed by atoms with Crippen LogP contribution in [0.15, 0.2) is 47.5 Å². The van der Waals surface area contributed by atoms with Gasteiger partial charge in [-0.1, -0.05) is 19.1 Å². The third-order valence-corrected chi connectivity index (χ3v) is 5.68. The first-order valence-electron chi connectivity index (χ1n) is 10.0. The smallest absolute Gasteiger partial charge is 0.269 e. The molecule has 0 aliphatic carbocycles. The Morgan fingerprint density at radius 1 is 0.969 bits per heavy atom. The van der Waals surface area contributed by atoms with Gasteiger partial charge in [0.25, 0.3) is 21.8 Å². The fourth-order valence-electron chi connectivity index (χ4n) is 2.66. The third-order valence-electron chi connectivity index (χ3n) is 4.33. The SMILES string of the molecule is CCCC(=O)NCCc1ccc(S(=O)(=O)NC(=O)c2ccc(C(=O)NCCO)nc2)cc1. The summed E-state index contributed by atoms with van der Waals surface area (Å²) in [6.45, 7) is 2.21. The fraction of sp³-hybridized carbons (Fsp3) is 0.333. The van der Waals surface area contributed by atoms with Gasteiger partial charge in [-0.25, -0.2) is 13.1 Å². The number of carbonyl (C=O) groups excluding carboxylic acids is 3. The van der Waals surface area contributed by atoms with Crippen molar-refractivity contribution in [2.24, 2.45) is 0 Å². The van der Waals surface area contributed by atoms with Crippen molar-refractivity contribution in [1.82, 2.24) is 20.3 Å². The van der Waals surface area contributed by atoms with E-state index in [9.17, 15) is 22.8 Å². The van der Waals surface area contributed by atoms with Crippen LogP contribution in [0, 0.1) is 0 Å². The predicted molar refractivity (Wildman–Crippen MR) is 116 cm³/mol. The van der Waals surface area contributed by atoms with Gasteiger partial charge in [0.2, 0.25) is 5.91 Å². The van der Waals surface area contributed by atoms with Crippen molar-refractivity contribution in [2.75, 3.05) is 19.7 Å². The van der Waals surface area contributed by atoms with Crippen LogP contribution in [0.3, 0.4) is 0 Å². The van der Waals surface area contributed by atoms with E-state index in [1.54, 1.807) is 12.1 Å². The topological polar surface area (TPSA) is 155 Å². The van der Waals surface area contributed by atoms with E-state index in [1.165, 1.54) is 24.3 Å². The Morgan fingerprint density at radius 2 is 1.69 bits per heavy atom. The van der Waals surface area contributed by atoms with Crippen molar-refractivity contribution in [2.45, 2.75) is 31.1 Å². The van der Waals surface area contributed by atoms with E-state index >= 15 is 0 Å². The molecule has 172 valence electrons. The highest BCUT2D eigenvalue weighted by Gasteiger charge is 2.19. The quantitative estimate of drug-likeness (QED) is 0.376. The maximum atomic E-state index is 12.5. The normalized spacial score (nSPS) is 10.9. The lowest BCUT2D eigenvalue weighted by Crippen LogP contribution is -2.31. The van der Waals surface area contributed by atoms with Crippen molar-refractivity contribution in [1.29, 1.82) is 0 Å². The standard InChI is InChI=1S/C21H26N4O6S/c1-2-3-19(27)22-11-10-15-4-7-17(8-5-15)32(30,31)25-20(28)16-6-9-18(24-14-16)21(29)23-12-13-26/h4-9,14,26H,2-3,10-13H2,1H3,(H,22,27)(H,23,29)(H,25,28). The highest BCUT2D eigenvalue weighted by atomic mass is 32.2. The highest BCUT2D eigenvalue weighted by molar-refractivity contribution is 7.90. The van der Waals surface area contributed by atoms with E-state index < -0.39 is 21.8 Å². The first-order valence-corrected chi connectivity index (χ1v) is 11.5. The summed E-state index contributed by atoms with van der Waals surface area (Å²) >= 11 is 0. The number of hydrogen-bond donors (Lipinski definition) is 4. The molecule has 0 bridgehead atoms. The first-order chi connectivity index (χ1) is 15.3. The minimum Gasteiger partial charge on any atom is -0.395 e. The molecule has 0 saturated carbocycles. The number of carbonyl (C=O) groups is 3. The zero-order valence-corrected chi connectivity index (χ0v) is 18.4. The molecule has 0 spiro atoms. The van der Waals surface area contributed by atoms with Gasteiger partial charge in [0, 0.05) is 25.7 Å². The molecule has 32 heavy (non-hydrogen) atoms. The van der Waals surface area contributed by atoms with Crippen molar-refractivity contribution < 1.29 is 27.9 Å². The van der Waals surface area contributed by atoms with Gasteiger partial charge in [0.05, 0.1) is 17.1 Å². The van der Waals surface area contributed by atoms with E-state index in [4.69, 9.17) is 5.11 Å². The van der Waals surface area contributed by atoms with Gasteiger partial charge in [0.1, 0.15) is 5.69 Å². The zero-order valence-electron chi connectivity index (χ0n) is 17.6. The fourth-order valence-corrected chi connectivity index (χ4v) is 3.63. The van der Waals surface area contributed by atoms with Crippen LogP contribution >= 0.6 is 0 Å². The largest absolute Gasteiger partial charge is 0.395 e. The lowest BCUT2D eigenvalue weighted by atomic mass is 10.1. The predicted octanol–water partition coefficient (Wildman–Crippen LogP) is 0.381. The molecule has 0 aliphatic rings. The number of rotatable bonds is 11. The van der Waals surface area contributed by atoms with Gasteiger partial charge in [-0.3, -0.25) is 19.4 Å². The molecule has 1 aromatic carbocycles. The molecule has 0 atom stereocenters. The number of nitrogens with one attached hydrogen (secondary N) is 3. The molecule has 2 rings (SSSR count). The van der Waals surface area contributed by atoms with Crippen LogP contribution in [0.4, 0.5) is 0 Å². The minimum atomic E-state index is -4.11. The van der Waals surface area contributed by atoms with Crippen LogP contribution in [0.2, 0.25) is 0 Å². The first kappa shape index (κ1) is 25.0. The van der Waals surface area contributed by atoms with Gasteiger partial charge in [-0.15, -0.1) is 0 Å². The summed E-state index contributed by atoms with van der Waals surface area (Å²) in [6.07, 6.45) is 2.87. The summed E-state index contributed by atoms with van der Waals surface area (Å²) in [7, 11) is -4.11. The molecule has 0 unspecified atom stereocenters. The molecule has 1 aromatic heterocycles. The maximum absolute atomic E-state index is 12.5. The van der Waals surface area contributed by atoms with Gasteiger partial charge >= 0.3 is 0 Å². The van der Waals surface area contributed by atoms with Crippen LogP contribution in [0.25, 0.3) is 0 Å². The molecule has 1 heterocycles. The minimum absolute atomic E-state index is 0.0253. The average Bonchev–Trinajstić information content (AvgIpc) is 2.78. The molecule has 2 aromatic rings. The van der Waals surface area contributed by atoms with Gasteiger partial charge in [0.15, 0.2) is 0 Å². The Kier molecular flexibility index (Phi) is 9.29. The third kappa shape index (κ3) is 7.43. The Morgan fingerprint density at radius 3 is 2.28 bits per heavy atom. The summed E-state index contributed by atoms with van der Waals surface area (Å²) in [6, 6.07) is 8.56. The second-order valence-corrected chi connectivity index (χ2v) is 8.52. The number of amides is 3. The number of aliphatic hydroxyl groups is 1. The molecular weight excluding hydrogens is 436 g/mol. The number of aliphatic hydroxyl groups excluding tert-OH is 1. The molecule has 0 fully saturated rings. The molecule has 10 nitrogen and oxygen atoms in total. The molecule has 11 heteroatoms. The number of aromatic nitrogens is 1. The van der Waals surface area contributed by atoms with Crippen molar-refractivity contribution in [3.63, 3.8) is 0 Å². The number of hydrogen-bond acceptors (Lipinski definition) is 7. The molecule has 0 aliphatic heterocycles.